The minimum atomic E-state index is -0.786. The first-order valence-electron chi connectivity index (χ1n) is 9.34. The highest BCUT2D eigenvalue weighted by Gasteiger charge is 2.34. The Morgan fingerprint density at radius 2 is 1.90 bits per heavy atom. The highest BCUT2D eigenvalue weighted by molar-refractivity contribution is 8.18. The topological polar surface area (TPSA) is 105 Å². The van der Waals surface area contributed by atoms with Crippen molar-refractivity contribution in [1.29, 1.82) is 0 Å². The van der Waals surface area contributed by atoms with Crippen molar-refractivity contribution in [2.45, 2.75) is 26.3 Å². The number of imide groups is 1. The molecule has 1 aliphatic rings. The summed E-state index contributed by atoms with van der Waals surface area (Å²) < 4.78 is 17.5. The SMILES string of the molecule is COC(=O)NC(CC(C)C)C(=O)NCCN1C(=O)S/C(=C\c2ccc(F)cc2)C1=O. The molecule has 0 spiro atoms. The third-order valence-corrected chi connectivity index (χ3v) is 5.08. The molecule has 1 atom stereocenters. The maximum atomic E-state index is 13.0. The monoisotopic (exact) mass is 437 g/mol. The van der Waals surface area contributed by atoms with Gasteiger partial charge < -0.3 is 15.4 Å². The van der Waals surface area contributed by atoms with E-state index in [4.69, 9.17) is 0 Å². The number of nitrogens with one attached hydrogen (secondary N) is 2. The van der Waals surface area contributed by atoms with Gasteiger partial charge in [0.15, 0.2) is 0 Å². The molecule has 0 saturated carbocycles. The predicted octanol–water partition coefficient (Wildman–Crippen LogP) is 2.75. The van der Waals surface area contributed by atoms with E-state index in [9.17, 15) is 23.6 Å². The van der Waals surface area contributed by atoms with Crippen LogP contribution in [0.3, 0.4) is 0 Å². The molecule has 1 unspecified atom stereocenters. The molecule has 162 valence electrons. The van der Waals surface area contributed by atoms with E-state index in [1.54, 1.807) is 0 Å². The molecule has 1 aliphatic heterocycles. The van der Waals surface area contributed by atoms with E-state index < -0.39 is 35.0 Å². The number of halogens is 1. The van der Waals surface area contributed by atoms with E-state index in [0.717, 1.165) is 16.7 Å². The van der Waals surface area contributed by atoms with E-state index in [2.05, 4.69) is 15.4 Å². The third-order valence-electron chi connectivity index (χ3n) is 4.18. The molecular formula is C20H24FN3O5S. The van der Waals surface area contributed by atoms with Crippen LogP contribution in [-0.2, 0) is 14.3 Å². The summed E-state index contributed by atoms with van der Waals surface area (Å²) in [6, 6.07) is 4.76. The molecule has 4 amide bonds. The number of benzene rings is 1. The summed E-state index contributed by atoms with van der Waals surface area (Å²) in [4.78, 5) is 49.7. The van der Waals surface area contributed by atoms with Crippen molar-refractivity contribution in [3.05, 3.63) is 40.6 Å². The van der Waals surface area contributed by atoms with Gasteiger partial charge in [0.05, 0.1) is 12.0 Å². The van der Waals surface area contributed by atoms with E-state index in [1.807, 2.05) is 13.8 Å². The zero-order chi connectivity index (χ0) is 22.3. The van der Waals surface area contributed by atoms with Crippen LogP contribution in [0.2, 0.25) is 0 Å². The van der Waals surface area contributed by atoms with Crippen molar-refractivity contribution in [3.63, 3.8) is 0 Å². The summed E-state index contributed by atoms with van der Waals surface area (Å²) >= 11 is 0.784. The minimum absolute atomic E-state index is 0.0101. The number of methoxy groups -OCH3 is 1. The van der Waals surface area contributed by atoms with Gasteiger partial charge in [-0.25, -0.2) is 9.18 Å². The van der Waals surface area contributed by atoms with Crippen LogP contribution >= 0.6 is 11.8 Å². The Morgan fingerprint density at radius 1 is 1.23 bits per heavy atom. The molecule has 0 aliphatic carbocycles. The molecule has 1 aromatic rings. The fourth-order valence-electron chi connectivity index (χ4n) is 2.72. The van der Waals surface area contributed by atoms with Crippen molar-refractivity contribution in [3.8, 4) is 0 Å². The van der Waals surface area contributed by atoms with Gasteiger partial charge in [-0.05, 0) is 47.9 Å². The van der Waals surface area contributed by atoms with Crippen molar-refractivity contribution in [2.75, 3.05) is 20.2 Å². The summed E-state index contributed by atoms with van der Waals surface area (Å²) in [5.41, 5.74) is 0.598. The Bertz CT molecular complexity index is 841. The fraction of sp³-hybridized carbons (Fsp3) is 0.400. The van der Waals surface area contributed by atoms with Gasteiger partial charge >= 0.3 is 6.09 Å². The number of carbonyl (C=O) groups excluding carboxylic acids is 4. The summed E-state index contributed by atoms with van der Waals surface area (Å²) in [6.07, 6.45) is 1.21. The zero-order valence-electron chi connectivity index (χ0n) is 16.9. The quantitative estimate of drug-likeness (QED) is 0.606. The van der Waals surface area contributed by atoms with Gasteiger partial charge in [-0.2, -0.15) is 0 Å². The Hall–Kier alpha value is -2.88. The van der Waals surface area contributed by atoms with Gasteiger partial charge in [-0.3, -0.25) is 19.3 Å². The minimum Gasteiger partial charge on any atom is -0.453 e. The number of rotatable bonds is 8. The Labute approximate surface area is 178 Å². The van der Waals surface area contributed by atoms with Crippen molar-refractivity contribution >= 4 is 41.0 Å². The maximum absolute atomic E-state index is 13.0. The van der Waals surface area contributed by atoms with Gasteiger partial charge in [0.1, 0.15) is 11.9 Å². The van der Waals surface area contributed by atoms with Crippen LogP contribution in [0, 0.1) is 11.7 Å². The lowest BCUT2D eigenvalue weighted by Crippen LogP contribution is -2.49. The van der Waals surface area contributed by atoms with Gasteiger partial charge in [-0.1, -0.05) is 26.0 Å². The molecule has 1 fully saturated rings. The van der Waals surface area contributed by atoms with E-state index >= 15 is 0 Å². The lowest BCUT2D eigenvalue weighted by Gasteiger charge is -2.20. The molecule has 1 saturated heterocycles. The fourth-order valence-corrected chi connectivity index (χ4v) is 3.59. The van der Waals surface area contributed by atoms with E-state index in [0.29, 0.717) is 12.0 Å². The van der Waals surface area contributed by atoms with Crippen LogP contribution in [0.25, 0.3) is 6.08 Å². The number of carbonyl (C=O) groups is 4. The normalized spacial score (nSPS) is 16.2. The maximum Gasteiger partial charge on any atom is 0.407 e. The summed E-state index contributed by atoms with van der Waals surface area (Å²) in [5, 5.41) is 4.65. The van der Waals surface area contributed by atoms with E-state index in [1.165, 1.54) is 37.5 Å². The second-order valence-electron chi connectivity index (χ2n) is 6.99. The number of ether oxygens (including phenoxy) is 1. The Kier molecular flexibility index (Phi) is 8.40. The number of alkyl carbamates (subject to hydrolysis) is 1. The van der Waals surface area contributed by atoms with Crippen LogP contribution in [0.15, 0.2) is 29.2 Å². The average Bonchev–Trinajstić information content (AvgIpc) is 2.95. The highest BCUT2D eigenvalue weighted by atomic mass is 32.2. The number of hydrogen-bond donors (Lipinski definition) is 2. The Balaban J connectivity index is 1.93. The average molecular weight is 437 g/mol. The second kappa shape index (κ2) is 10.8. The third kappa shape index (κ3) is 6.58. The summed E-state index contributed by atoms with van der Waals surface area (Å²) in [6.45, 7) is 3.85. The lowest BCUT2D eigenvalue weighted by atomic mass is 10.0. The standard InChI is InChI=1S/C20H24FN3O5S/c1-12(2)10-15(23-19(27)29-3)17(25)22-8-9-24-18(26)16(30-20(24)28)11-13-4-6-14(21)7-5-13/h4-7,11-12,15H,8-10H2,1-3H3,(H,22,25)(H,23,27)/b16-11-. The van der Waals surface area contributed by atoms with Crippen LogP contribution in [0.5, 0.6) is 0 Å². The van der Waals surface area contributed by atoms with Crippen LogP contribution < -0.4 is 10.6 Å². The van der Waals surface area contributed by atoms with Crippen LogP contribution in [0.1, 0.15) is 25.8 Å². The van der Waals surface area contributed by atoms with Crippen molar-refractivity contribution in [1.82, 2.24) is 15.5 Å². The first kappa shape index (κ1) is 23.4. The molecule has 1 aromatic carbocycles. The van der Waals surface area contributed by atoms with Gasteiger partial charge in [0, 0.05) is 13.1 Å². The van der Waals surface area contributed by atoms with Gasteiger partial charge in [0.25, 0.3) is 11.1 Å². The molecule has 0 radical (unpaired) electrons. The molecule has 30 heavy (non-hydrogen) atoms. The summed E-state index contributed by atoms with van der Waals surface area (Å²) in [7, 11) is 1.21. The first-order valence-corrected chi connectivity index (χ1v) is 10.2. The molecule has 10 heteroatoms. The second-order valence-corrected chi connectivity index (χ2v) is 7.99. The molecule has 2 N–H and O–H groups in total. The smallest absolute Gasteiger partial charge is 0.407 e. The van der Waals surface area contributed by atoms with Crippen LogP contribution in [-0.4, -0.2) is 54.3 Å². The molecule has 2 rings (SSSR count). The Morgan fingerprint density at radius 3 is 2.50 bits per heavy atom. The number of thioether (sulfide) groups is 1. The lowest BCUT2D eigenvalue weighted by molar-refractivity contribution is -0.125. The molecule has 1 heterocycles. The van der Waals surface area contributed by atoms with Crippen molar-refractivity contribution in [2.24, 2.45) is 5.92 Å². The number of nitrogens with zero attached hydrogens (tertiary/aromatic N) is 1. The van der Waals surface area contributed by atoms with Gasteiger partial charge in [0.2, 0.25) is 5.91 Å². The van der Waals surface area contributed by atoms with E-state index in [-0.39, 0.29) is 23.9 Å². The number of amides is 4. The molecule has 8 nitrogen and oxygen atoms in total. The highest BCUT2D eigenvalue weighted by Crippen LogP contribution is 2.31. The van der Waals surface area contributed by atoms with Gasteiger partial charge in [-0.15, -0.1) is 0 Å². The molecule has 0 bridgehead atoms. The zero-order valence-corrected chi connectivity index (χ0v) is 17.8. The number of hydrogen-bond acceptors (Lipinski definition) is 6. The van der Waals surface area contributed by atoms with Crippen LogP contribution in [0.4, 0.5) is 14.0 Å². The molecular weight excluding hydrogens is 413 g/mol. The summed E-state index contributed by atoms with van der Waals surface area (Å²) in [5.74, 6) is -1.15. The molecule has 0 aromatic heterocycles. The predicted molar refractivity (Wildman–Crippen MR) is 111 cm³/mol. The largest absolute Gasteiger partial charge is 0.453 e. The van der Waals surface area contributed by atoms with Crippen molar-refractivity contribution < 1.29 is 28.3 Å². The first-order chi connectivity index (χ1) is 14.2.